The summed E-state index contributed by atoms with van der Waals surface area (Å²) < 4.78 is 4.43. The van der Waals surface area contributed by atoms with Crippen LogP contribution >= 0.6 is 11.5 Å². The molecular formula is C20H23N5S. The third-order valence-electron chi connectivity index (χ3n) is 4.82. The highest BCUT2D eigenvalue weighted by Crippen LogP contribution is 2.23. The lowest BCUT2D eigenvalue weighted by atomic mass is 9.99. The van der Waals surface area contributed by atoms with E-state index in [-0.39, 0.29) is 0 Å². The van der Waals surface area contributed by atoms with E-state index in [1.165, 1.54) is 24.4 Å². The number of pyridine rings is 1. The van der Waals surface area contributed by atoms with Crippen molar-refractivity contribution in [2.75, 3.05) is 23.3 Å². The number of nitrogens with one attached hydrogen (secondary N) is 1. The Morgan fingerprint density at radius 3 is 2.65 bits per heavy atom. The summed E-state index contributed by atoms with van der Waals surface area (Å²) in [7, 11) is 0. The van der Waals surface area contributed by atoms with Crippen molar-refractivity contribution in [3.8, 4) is 11.4 Å². The topological polar surface area (TPSA) is 53.9 Å². The van der Waals surface area contributed by atoms with Gasteiger partial charge in [-0.25, -0.2) is 4.98 Å². The van der Waals surface area contributed by atoms with Gasteiger partial charge >= 0.3 is 0 Å². The Morgan fingerprint density at radius 1 is 1.12 bits per heavy atom. The Morgan fingerprint density at radius 2 is 1.92 bits per heavy atom. The lowest BCUT2D eigenvalue weighted by Crippen LogP contribution is -2.33. The molecular weight excluding hydrogens is 342 g/mol. The van der Waals surface area contributed by atoms with Crippen LogP contribution in [0.2, 0.25) is 0 Å². The smallest absolute Gasteiger partial charge is 0.203 e. The van der Waals surface area contributed by atoms with Gasteiger partial charge in [0, 0.05) is 42.9 Å². The van der Waals surface area contributed by atoms with Gasteiger partial charge in [0.05, 0.1) is 0 Å². The summed E-state index contributed by atoms with van der Waals surface area (Å²) in [5.41, 5.74) is 2.19. The van der Waals surface area contributed by atoms with Crippen molar-refractivity contribution in [1.82, 2.24) is 14.3 Å². The predicted octanol–water partition coefficient (Wildman–Crippen LogP) is 4.45. The number of rotatable bonds is 5. The minimum absolute atomic E-state index is 0.702. The SMILES string of the molecule is CC1CCN(c2ccc(CNc3nc(-c4ccccc4)ns3)cn2)CC1. The molecule has 0 aliphatic carbocycles. The molecule has 0 radical (unpaired) electrons. The molecule has 6 heteroatoms. The Hall–Kier alpha value is -2.47. The largest absolute Gasteiger partial charge is 0.357 e. The second-order valence-electron chi connectivity index (χ2n) is 6.84. The highest BCUT2D eigenvalue weighted by atomic mass is 32.1. The molecule has 0 bridgehead atoms. The van der Waals surface area contributed by atoms with Gasteiger partial charge in [-0.3, -0.25) is 0 Å². The van der Waals surface area contributed by atoms with Crippen LogP contribution in [0.25, 0.3) is 11.4 Å². The molecule has 1 N–H and O–H groups in total. The maximum atomic E-state index is 4.65. The van der Waals surface area contributed by atoms with E-state index in [4.69, 9.17) is 0 Å². The number of anilines is 2. The molecule has 134 valence electrons. The van der Waals surface area contributed by atoms with Gasteiger partial charge < -0.3 is 10.2 Å². The van der Waals surface area contributed by atoms with Crippen LogP contribution in [0.5, 0.6) is 0 Å². The van der Waals surface area contributed by atoms with E-state index >= 15 is 0 Å². The number of nitrogens with zero attached hydrogens (tertiary/aromatic N) is 4. The average Bonchev–Trinajstić information content (AvgIpc) is 3.17. The van der Waals surface area contributed by atoms with Gasteiger partial charge in [-0.05, 0) is 30.4 Å². The summed E-state index contributed by atoms with van der Waals surface area (Å²) in [6.45, 7) is 5.25. The number of aromatic nitrogens is 3. The number of hydrogen-bond acceptors (Lipinski definition) is 6. The van der Waals surface area contributed by atoms with Crippen molar-refractivity contribution >= 4 is 22.5 Å². The van der Waals surface area contributed by atoms with Crippen molar-refractivity contribution in [1.29, 1.82) is 0 Å². The van der Waals surface area contributed by atoms with Crippen molar-refractivity contribution in [2.24, 2.45) is 5.92 Å². The first kappa shape index (κ1) is 17.0. The van der Waals surface area contributed by atoms with E-state index in [0.717, 1.165) is 46.9 Å². The van der Waals surface area contributed by atoms with Crippen LogP contribution < -0.4 is 10.2 Å². The molecule has 3 heterocycles. The molecule has 0 amide bonds. The second-order valence-corrected chi connectivity index (χ2v) is 7.59. The Balaban J connectivity index is 1.34. The van der Waals surface area contributed by atoms with Crippen molar-refractivity contribution in [3.63, 3.8) is 0 Å². The number of hydrogen-bond donors (Lipinski definition) is 1. The van der Waals surface area contributed by atoms with Gasteiger partial charge in [0.2, 0.25) is 5.13 Å². The van der Waals surface area contributed by atoms with E-state index in [9.17, 15) is 0 Å². The zero-order valence-electron chi connectivity index (χ0n) is 14.9. The monoisotopic (exact) mass is 365 g/mol. The van der Waals surface area contributed by atoms with Crippen LogP contribution in [-0.4, -0.2) is 27.4 Å². The Kier molecular flexibility index (Phi) is 5.11. The third-order valence-corrected chi connectivity index (χ3v) is 5.49. The standard InChI is InChI=1S/C20H23N5S/c1-15-9-11-25(12-10-15)18-8-7-16(13-21-18)14-22-20-23-19(24-26-20)17-5-3-2-4-6-17/h2-8,13,15H,9-12,14H2,1H3,(H,22,23,24). The highest BCUT2D eigenvalue weighted by Gasteiger charge is 2.16. The summed E-state index contributed by atoms with van der Waals surface area (Å²) in [5.74, 6) is 2.69. The van der Waals surface area contributed by atoms with E-state index in [0.29, 0.717) is 6.54 Å². The summed E-state index contributed by atoms with van der Waals surface area (Å²) in [4.78, 5) is 11.6. The van der Waals surface area contributed by atoms with Gasteiger partial charge in [-0.1, -0.05) is 43.3 Å². The summed E-state index contributed by atoms with van der Waals surface area (Å²) in [6, 6.07) is 14.3. The number of benzene rings is 1. The summed E-state index contributed by atoms with van der Waals surface area (Å²) >= 11 is 1.39. The zero-order valence-corrected chi connectivity index (χ0v) is 15.7. The van der Waals surface area contributed by atoms with Gasteiger partial charge in [-0.15, -0.1) is 0 Å². The molecule has 1 aliphatic rings. The average molecular weight is 366 g/mol. The fraction of sp³-hybridized carbons (Fsp3) is 0.350. The maximum Gasteiger partial charge on any atom is 0.203 e. The summed E-state index contributed by atoms with van der Waals surface area (Å²) in [6.07, 6.45) is 4.47. The molecule has 1 aliphatic heterocycles. The van der Waals surface area contributed by atoms with E-state index in [1.807, 2.05) is 36.5 Å². The molecule has 1 fully saturated rings. The molecule has 0 unspecified atom stereocenters. The predicted molar refractivity (Wildman–Crippen MR) is 108 cm³/mol. The lowest BCUT2D eigenvalue weighted by molar-refractivity contribution is 0.436. The Bertz CT molecular complexity index is 823. The zero-order chi connectivity index (χ0) is 17.8. The molecule has 0 atom stereocenters. The van der Waals surface area contributed by atoms with Crippen LogP contribution in [0.1, 0.15) is 25.3 Å². The first-order valence-electron chi connectivity index (χ1n) is 9.11. The molecule has 26 heavy (non-hydrogen) atoms. The van der Waals surface area contributed by atoms with E-state index in [1.54, 1.807) is 0 Å². The molecule has 0 saturated carbocycles. The maximum absolute atomic E-state index is 4.65. The van der Waals surface area contributed by atoms with Crippen LogP contribution in [0, 0.1) is 5.92 Å². The first-order valence-corrected chi connectivity index (χ1v) is 9.88. The first-order chi connectivity index (χ1) is 12.8. The van der Waals surface area contributed by atoms with Crippen molar-refractivity contribution in [3.05, 3.63) is 54.2 Å². The van der Waals surface area contributed by atoms with Crippen molar-refractivity contribution < 1.29 is 0 Å². The van der Waals surface area contributed by atoms with E-state index in [2.05, 4.69) is 43.6 Å². The normalized spacial score (nSPS) is 15.2. The molecule has 3 aromatic rings. The van der Waals surface area contributed by atoms with Crippen LogP contribution in [0.3, 0.4) is 0 Å². The fourth-order valence-corrected chi connectivity index (χ4v) is 3.71. The molecule has 1 aromatic carbocycles. The third kappa shape index (κ3) is 4.02. The fourth-order valence-electron chi connectivity index (χ4n) is 3.12. The Labute approximate surface area is 158 Å². The molecule has 0 spiro atoms. The molecule has 1 saturated heterocycles. The van der Waals surface area contributed by atoms with Gasteiger partial charge in [0.1, 0.15) is 5.82 Å². The molecule has 5 nitrogen and oxygen atoms in total. The van der Waals surface area contributed by atoms with Gasteiger partial charge in [0.25, 0.3) is 0 Å². The molecule has 2 aromatic heterocycles. The van der Waals surface area contributed by atoms with E-state index < -0.39 is 0 Å². The second kappa shape index (κ2) is 7.83. The summed E-state index contributed by atoms with van der Waals surface area (Å²) in [5, 5.41) is 4.18. The van der Waals surface area contributed by atoms with Gasteiger partial charge in [-0.2, -0.15) is 9.36 Å². The molecule has 4 rings (SSSR count). The van der Waals surface area contributed by atoms with Crippen LogP contribution in [0.15, 0.2) is 48.7 Å². The highest BCUT2D eigenvalue weighted by molar-refractivity contribution is 7.09. The van der Waals surface area contributed by atoms with Crippen LogP contribution in [0.4, 0.5) is 10.9 Å². The minimum atomic E-state index is 0.702. The van der Waals surface area contributed by atoms with Gasteiger partial charge in [0.15, 0.2) is 5.82 Å². The van der Waals surface area contributed by atoms with Crippen LogP contribution in [-0.2, 0) is 6.54 Å². The minimum Gasteiger partial charge on any atom is -0.357 e. The van der Waals surface area contributed by atoms with Crippen molar-refractivity contribution in [2.45, 2.75) is 26.3 Å². The number of piperidine rings is 1. The quantitative estimate of drug-likeness (QED) is 0.724. The lowest BCUT2D eigenvalue weighted by Gasteiger charge is -2.31.